The van der Waals surface area contributed by atoms with Crippen LogP contribution in [0, 0.1) is 5.92 Å². The van der Waals surface area contributed by atoms with Crippen LogP contribution in [-0.4, -0.2) is 66.3 Å². The predicted octanol–water partition coefficient (Wildman–Crippen LogP) is 0.286. The topological polar surface area (TPSA) is 126 Å². The number of aliphatic hydroxyl groups is 3. The van der Waals surface area contributed by atoms with E-state index in [2.05, 4.69) is 34.1 Å². The molecule has 9 heteroatoms. The van der Waals surface area contributed by atoms with Crippen molar-refractivity contribution < 1.29 is 20.1 Å². The monoisotopic (exact) mass is 351 g/mol. The van der Waals surface area contributed by atoms with Gasteiger partial charge in [0.1, 0.15) is 24.6 Å². The van der Waals surface area contributed by atoms with Gasteiger partial charge in [-0.3, -0.25) is 4.57 Å². The standard InChI is InChI=1S/C16H25N5O4/c1-3-9(4-2)5-17-14-11-15(19-7-18-14)21(8-20-11)16-13(24)12(23)10(6-22)25-16/h7-10,12-13,16,22-24H,3-6H2,1-2H3,(H,17,18,19)/t10-,12-,13-,16-/m1/s1. The first-order valence-corrected chi connectivity index (χ1v) is 8.64. The molecule has 3 heterocycles. The number of fused-ring (bicyclic) bond motifs is 1. The molecule has 0 amide bonds. The summed E-state index contributed by atoms with van der Waals surface area (Å²) in [7, 11) is 0. The fraction of sp³-hybridized carbons (Fsp3) is 0.688. The van der Waals surface area contributed by atoms with E-state index in [0.29, 0.717) is 22.9 Å². The Morgan fingerprint density at radius 2 is 1.96 bits per heavy atom. The van der Waals surface area contributed by atoms with E-state index in [1.807, 2.05) is 0 Å². The number of rotatable bonds is 7. The van der Waals surface area contributed by atoms with Gasteiger partial charge in [0.25, 0.3) is 0 Å². The van der Waals surface area contributed by atoms with Crippen LogP contribution < -0.4 is 5.32 Å². The van der Waals surface area contributed by atoms with E-state index in [-0.39, 0.29) is 6.61 Å². The van der Waals surface area contributed by atoms with Crippen molar-refractivity contribution in [2.24, 2.45) is 5.92 Å². The Balaban J connectivity index is 1.86. The Bertz CT molecular complexity index is 705. The molecular weight excluding hydrogens is 326 g/mol. The van der Waals surface area contributed by atoms with Gasteiger partial charge in [-0.1, -0.05) is 26.7 Å². The zero-order chi connectivity index (χ0) is 18.0. The van der Waals surface area contributed by atoms with E-state index in [9.17, 15) is 15.3 Å². The smallest absolute Gasteiger partial charge is 0.167 e. The first-order chi connectivity index (χ1) is 12.1. The van der Waals surface area contributed by atoms with E-state index < -0.39 is 24.5 Å². The molecule has 3 rings (SSSR count). The van der Waals surface area contributed by atoms with Gasteiger partial charge in [-0.2, -0.15) is 0 Å². The molecule has 9 nitrogen and oxygen atoms in total. The van der Waals surface area contributed by atoms with Crippen LogP contribution in [0.25, 0.3) is 11.2 Å². The van der Waals surface area contributed by atoms with Crippen LogP contribution in [0.1, 0.15) is 32.9 Å². The highest BCUT2D eigenvalue weighted by Gasteiger charge is 2.44. The largest absolute Gasteiger partial charge is 0.394 e. The molecule has 0 radical (unpaired) electrons. The summed E-state index contributed by atoms with van der Waals surface area (Å²) in [6, 6.07) is 0. The summed E-state index contributed by atoms with van der Waals surface area (Å²) in [6.07, 6.45) is 1.04. The summed E-state index contributed by atoms with van der Waals surface area (Å²) < 4.78 is 7.11. The molecule has 0 bridgehead atoms. The van der Waals surface area contributed by atoms with Gasteiger partial charge < -0.3 is 25.4 Å². The average Bonchev–Trinajstić information content (AvgIpc) is 3.18. The third-order valence-electron chi connectivity index (χ3n) is 4.86. The number of aliphatic hydroxyl groups excluding tert-OH is 3. The number of hydrogen-bond acceptors (Lipinski definition) is 8. The summed E-state index contributed by atoms with van der Waals surface area (Å²) in [6.45, 7) is 4.72. The van der Waals surface area contributed by atoms with Gasteiger partial charge in [-0.15, -0.1) is 0 Å². The summed E-state index contributed by atoms with van der Waals surface area (Å²) >= 11 is 0. The van der Waals surface area contributed by atoms with Crippen molar-refractivity contribution >= 4 is 17.0 Å². The molecule has 2 aromatic rings. The lowest BCUT2D eigenvalue weighted by atomic mass is 10.0. The van der Waals surface area contributed by atoms with E-state index in [4.69, 9.17) is 4.74 Å². The van der Waals surface area contributed by atoms with Gasteiger partial charge in [-0.25, -0.2) is 15.0 Å². The molecule has 0 aromatic carbocycles. The maximum atomic E-state index is 10.2. The first kappa shape index (κ1) is 18.0. The Morgan fingerprint density at radius 1 is 1.20 bits per heavy atom. The molecule has 0 aliphatic carbocycles. The Kier molecular flexibility index (Phi) is 5.48. The molecule has 2 aromatic heterocycles. The van der Waals surface area contributed by atoms with Gasteiger partial charge in [-0.05, 0) is 5.92 Å². The number of nitrogens with one attached hydrogen (secondary N) is 1. The van der Waals surface area contributed by atoms with Crippen LogP contribution >= 0.6 is 0 Å². The third-order valence-corrected chi connectivity index (χ3v) is 4.86. The average molecular weight is 351 g/mol. The molecule has 138 valence electrons. The maximum Gasteiger partial charge on any atom is 0.167 e. The minimum atomic E-state index is -1.18. The van der Waals surface area contributed by atoms with Gasteiger partial charge >= 0.3 is 0 Å². The minimum absolute atomic E-state index is 0.376. The van der Waals surface area contributed by atoms with Crippen molar-refractivity contribution in [3.05, 3.63) is 12.7 Å². The lowest BCUT2D eigenvalue weighted by Crippen LogP contribution is -2.33. The second kappa shape index (κ2) is 7.61. The van der Waals surface area contributed by atoms with Crippen LogP contribution in [-0.2, 0) is 4.74 Å². The molecule has 1 aliphatic heterocycles. The SMILES string of the molecule is CCC(CC)CNc1ncnc2c1ncn2[C@@H]1O[C@H](CO)[C@@H](O)[C@H]1O. The van der Waals surface area contributed by atoms with Gasteiger partial charge in [0.05, 0.1) is 12.9 Å². The van der Waals surface area contributed by atoms with Crippen molar-refractivity contribution in [1.82, 2.24) is 19.5 Å². The summed E-state index contributed by atoms with van der Waals surface area (Å²) in [5.41, 5.74) is 1.07. The number of anilines is 1. The van der Waals surface area contributed by atoms with Crippen molar-refractivity contribution in [3.8, 4) is 0 Å². The number of nitrogens with zero attached hydrogens (tertiary/aromatic N) is 4. The Hall–Kier alpha value is -1.81. The zero-order valence-corrected chi connectivity index (χ0v) is 14.4. The highest BCUT2D eigenvalue weighted by molar-refractivity contribution is 5.82. The van der Waals surface area contributed by atoms with E-state index in [1.165, 1.54) is 12.7 Å². The molecule has 1 aliphatic rings. The van der Waals surface area contributed by atoms with Crippen LogP contribution in [0.3, 0.4) is 0 Å². The quantitative estimate of drug-likeness (QED) is 0.561. The molecular formula is C16H25N5O4. The minimum Gasteiger partial charge on any atom is -0.394 e. The van der Waals surface area contributed by atoms with Crippen LogP contribution in [0.2, 0.25) is 0 Å². The van der Waals surface area contributed by atoms with Crippen LogP contribution in [0.15, 0.2) is 12.7 Å². The highest BCUT2D eigenvalue weighted by Crippen LogP contribution is 2.32. The molecule has 0 saturated carbocycles. The molecule has 0 unspecified atom stereocenters. The van der Waals surface area contributed by atoms with E-state index in [1.54, 1.807) is 4.57 Å². The first-order valence-electron chi connectivity index (χ1n) is 8.64. The van der Waals surface area contributed by atoms with Gasteiger partial charge in [0.15, 0.2) is 23.2 Å². The van der Waals surface area contributed by atoms with Crippen LogP contribution in [0.5, 0.6) is 0 Å². The van der Waals surface area contributed by atoms with Gasteiger partial charge in [0, 0.05) is 6.54 Å². The number of ether oxygens (including phenoxy) is 1. The summed E-state index contributed by atoms with van der Waals surface area (Å²) in [5.74, 6) is 1.18. The van der Waals surface area contributed by atoms with Crippen molar-refractivity contribution in [1.29, 1.82) is 0 Å². The van der Waals surface area contributed by atoms with Crippen molar-refractivity contribution in [2.75, 3.05) is 18.5 Å². The number of imidazole rings is 1. The lowest BCUT2D eigenvalue weighted by Gasteiger charge is -2.17. The Labute approximate surface area is 145 Å². The molecule has 1 saturated heterocycles. The highest BCUT2D eigenvalue weighted by atomic mass is 16.6. The molecule has 1 fully saturated rings. The molecule has 4 N–H and O–H groups in total. The predicted molar refractivity (Wildman–Crippen MR) is 90.9 cm³/mol. The van der Waals surface area contributed by atoms with E-state index in [0.717, 1.165) is 19.4 Å². The molecule has 4 atom stereocenters. The summed E-state index contributed by atoms with van der Waals surface area (Å²) in [4.78, 5) is 12.8. The fourth-order valence-corrected chi connectivity index (χ4v) is 3.10. The Morgan fingerprint density at radius 3 is 2.60 bits per heavy atom. The van der Waals surface area contributed by atoms with E-state index >= 15 is 0 Å². The lowest BCUT2D eigenvalue weighted by molar-refractivity contribution is -0.0511. The third kappa shape index (κ3) is 3.32. The summed E-state index contributed by atoms with van der Waals surface area (Å²) in [5, 5.41) is 32.7. The second-order valence-electron chi connectivity index (χ2n) is 6.34. The van der Waals surface area contributed by atoms with Crippen molar-refractivity contribution in [3.63, 3.8) is 0 Å². The molecule has 25 heavy (non-hydrogen) atoms. The van der Waals surface area contributed by atoms with Crippen molar-refractivity contribution in [2.45, 2.75) is 51.2 Å². The second-order valence-corrected chi connectivity index (χ2v) is 6.34. The normalized spacial score (nSPS) is 26.6. The zero-order valence-electron chi connectivity index (χ0n) is 14.4. The molecule has 0 spiro atoms. The number of hydrogen-bond donors (Lipinski definition) is 4. The maximum absolute atomic E-state index is 10.2. The number of aromatic nitrogens is 4. The van der Waals surface area contributed by atoms with Crippen LogP contribution in [0.4, 0.5) is 5.82 Å². The van der Waals surface area contributed by atoms with Gasteiger partial charge in [0.2, 0.25) is 0 Å². The fourth-order valence-electron chi connectivity index (χ4n) is 3.10.